The third-order valence-electron chi connectivity index (χ3n) is 3.23. The van der Waals surface area contributed by atoms with E-state index in [-0.39, 0.29) is 0 Å². The van der Waals surface area contributed by atoms with Gasteiger partial charge >= 0.3 is 0 Å². The molecule has 0 bridgehead atoms. The lowest BCUT2D eigenvalue weighted by Gasteiger charge is -2.19. The van der Waals surface area contributed by atoms with E-state index in [9.17, 15) is 0 Å². The summed E-state index contributed by atoms with van der Waals surface area (Å²) in [6.45, 7) is 3.23. The van der Waals surface area contributed by atoms with Crippen molar-refractivity contribution in [1.29, 1.82) is 0 Å². The van der Waals surface area contributed by atoms with Crippen LogP contribution in [-0.4, -0.2) is 6.54 Å². The van der Waals surface area contributed by atoms with E-state index in [1.54, 1.807) is 0 Å². The number of rotatable bonds is 3. The fourth-order valence-electron chi connectivity index (χ4n) is 2.09. The first-order valence-corrected chi connectivity index (χ1v) is 6.70. The molecule has 1 unspecified atom stereocenters. The van der Waals surface area contributed by atoms with Crippen molar-refractivity contribution in [3.8, 4) is 0 Å². The summed E-state index contributed by atoms with van der Waals surface area (Å²) in [5.41, 5.74) is 2.55. The van der Waals surface area contributed by atoms with Gasteiger partial charge in [-0.2, -0.15) is 0 Å². The van der Waals surface area contributed by atoms with E-state index >= 15 is 0 Å². The van der Waals surface area contributed by atoms with Gasteiger partial charge in [-0.05, 0) is 49.8 Å². The monoisotopic (exact) mass is 279 g/mol. The minimum Gasteiger partial charge on any atom is -0.385 e. The molecule has 1 aliphatic carbocycles. The van der Waals surface area contributed by atoms with E-state index < -0.39 is 0 Å². The zero-order valence-electron chi connectivity index (χ0n) is 9.67. The lowest BCUT2D eigenvalue weighted by atomic mass is 9.94. The van der Waals surface area contributed by atoms with E-state index in [2.05, 4.69) is 58.5 Å². The van der Waals surface area contributed by atoms with Gasteiger partial charge in [0.1, 0.15) is 0 Å². The van der Waals surface area contributed by atoms with Crippen LogP contribution in [-0.2, 0) is 0 Å². The zero-order chi connectivity index (χ0) is 11.4. The summed E-state index contributed by atoms with van der Waals surface area (Å²) in [6.07, 6.45) is 8.38. The molecule has 0 fully saturated rings. The Bertz CT molecular complexity index is 384. The van der Waals surface area contributed by atoms with E-state index in [4.69, 9.17) is 0 Å². The second-order valence-electron chi connectivity index (χ2n) is 4.44. The number of hydrogen-bond acceptors (Lipinski definition) is 1. The smallest absolute Gasteiger partial charge is 0.0381 e. The molecular formula is C14H18BrN. The second kappa shape index (κ2) is 5.53. The number of allylic oxidation sites excluding steroid dienone is 2. The van der Waals surface area contributed by atoms with Crippen molar-refractivity contribution in [2.45, 2.75) is 26.2 Å². The Morgan fingerprint density at radius 2 is 2.25 bits per heavy atom. The standard InChI is InChI=1S/C14H18BrN/c1-11-13(15)8-5-9-14(11)16-10-12-6-3-2-4-7-12/h2-3,5,8-9,12,16H,4,6-7,10H2,1H3. The Kier molecular flexibility index (Phi) is 4.05. The van der Waals surface area contributed by atoms with Crippen LogP contribution in [0.15, 0.2) is 34.8 Å². The molecule has 1 aliphatic rings. The highest BCUT2D eigenvalue weighted by atomic mass is 79.9. The quantitative estimate of drug-likeness (QED) is 0.802. The molecule has 0 radical (unpaired) electrons. The maximum absolute atomic E-state index is 3.56. The van der Waals surface area contributed by atoms with Crippen LogP contribution in [0.25, 0.3) is 0 Å². The molecule has 1 N–H and O–H groups in total. The Balaban J connectivity index is 1.94. The Labute approximate surface area is 106 Å². The third kappa shape index (κ3) is 2.88. The first-order chi connectivity index (χ1) is 7.77. The highest BCUT2D eigenvalue weighted by Crippen LogP contribution is 2.25. The molecule has 0 aliphatic heterocycles. The maximum Gasteiger partial charge on any atom is 0.0381 e. The van der Waals surface area contributed by atoms with Gasteiger partial charge in [0.25, 0.3) is 0 Å². The van der Waals surface area contributed by atoms with Crippen molar-refractivity contribution in [3.05, 3.63) is 40.4 Å². The summed E-state index contributed by atoms with van der Waals surface area (Å²) in [7, 11) is 0. The van der Waals surface area contributed by atoms with Gasteiger partial charge in [0.05, 0.1) is 0 Å². The van der Waals surface area contributed by atoms with Crippen LogP contribution in [0.3, 0.4) is 0 Å². The van der Waals surface area contributed by atoms with Gasteiger partial charge in [-0.25, -0.2) is 0 Å². The van der Waals surface area contributed by atoms with Gasteiger partial charge in [0.15, 0.2) is 0 Å². The van der Waals surface area contributed by atoms with Crippen molar-refractivity contribution in [2.75, 3.05) is 11.9 Å². The third-order valence-corrected chi connectivity index (χ3v) is 4.09. The molecule has 0 saturated carbocycles. The molecule has 0 aromatic heterocycles. The number of nitrogens with one attached hydrogen (secondary N) is 1. The predicted octanol–water partition coefficient (Wildman–Crippen LogP) is 4.53. The molecule has 0 amide bonds. The van der Waals surface area contributed by atoms with Gasteiger partial charge < -0.3 is 5.32 Å². The van der Waals surface area contributed by atoms with Crippen LogP contribution in [0, 0.1) is 12.8 Å². The molecule has 0 saturated heterocycles. The van der Waals surface area contributed by atoms with Crippen LogP contribution in [0.2, 0.25) is 0 Å². The van der Waals surface area contributed by atoms with Gasteiger partial charge in [-0.1, -0.05) is 34.1 Å². The summed E-state index contributed by atoms with van der Waals surface area (Å²) in [4.78, 5) is 0. The summed E-state index contributed by atoms with van der Waals surface area (Å²) in [5, 5.41) is 3.56. The molecule has 1 aromatic carbocycles. The Morgan fingerprint density at radius 1 is 1.38 bits per heavy atom. The number of anilines is 1. The normalized spacial score (nSPS) is 19.8. The molecule has 2 rings (SSSR count). The number of benzene rings is 1. The molecule has 0 spiro atoms. The number of halogens is 1. The molecule has 1 aromatic rings. The van der Waals surface area contributed by atoms with Crippen molar-refractivity contribution < 1.29 is 0 Å². The van der Waals surface area contributed by atoms with Crippen molar-refractivity contribution in [3.63, 3.8) is 0 Å². The van der Waals surface area contributed by atoms with Crippen LogP contribution in [0.4, 0.5) is 5.69 Å². The Morgan fingerprint density at radius 3 is 3.00 bits per heavy atom. The molecule has 2 heteroatoms. The van der Waals surface area contributed by atoms with E-state index in [1.165, 1.54) is 35.0 Å². The van der Waals surface area contributed by atoms with E-state index in [0.29, 0.717) is 0 Å². The van der Waals surface area contributed by atoms with Crippen molar-refractivity contribution >= 4 is 21.6 Å². The van der Waals surface area contributed by atoms with Crippen molar-refractivity contribution in [2.24, 2.45) is 5.92 Å². The molecule has 86 valence electrons. The summed E-state index contributed by atoms with van der Waals surface area (Å²) < 4.78 is 1.18. The van der Waals surface area contributed by atoms with Crippen LogP contribution in [0.5, 0.6) is 0 Å². The summed E-state index contributed by atoms with van der Waals surface area (Å²) in [6, 6.07) is 6.32. The highest BCUT2D eigenvalue weighted by Gasteiger charge is 2.10. The fourth-order valence-corrected chi connectivity index (χ4v) is 2.46. The maximum atomic E-state index is 3.56. The lowest BCUT2D eigenvalue weighted by Crippen LogP contribution is -2.15. The molecule has 0 heterocycles. The average Bonchev–Trinajstić information content (AvgIpc) is 2.32. The first-order valence-electron chi connectivity index (χ1n) is 5.91. The lowest BCUT2D eigenvalue weighted by molar-refractivity contribution is 0.504. The van der Waals surface area contributed by atoms with Crippen LogP contribution in [0.1, 0.15) is 24.8 Å². The highest BCUT2D eigenvalue weighted by molar-refractivity contribution is 9.10. The van der Waals surface area contributed by atoms with Gasteiger partial charge in [-0.15, -0.1) is 0 Å². The van der Waals surface area contributed by atoms with E-state index in [1.807, 2.05) is 0 Å². The van der Waals surface area contributed by atoms with Crippen LogP contribution >= 0.6 is 15.9 Å². The largest absolute Gasteiger partial charge is 0.385 e. The van der Waals surface area contributed by atoms with Gasteiger partial charge in [0.2, 0.25) is 0 Å². The zero-order valence-corrected chi connectivity index (χ0v) is 11.3. The average molecular weight is 280 g/mol. The minimum absolute atomic E-state index is 0.795. The molecule has 1 nitrogen and oxygen atoms in total. The van der Waals surface area contributed by atoms with Crippen LogP contribution < -0.4 is 5.32 Å². The molecule has 16 heavy (non-hydrogen) atoms. The minimum atomic E-state index is 0.795. The van der Waals surface area contributed by atoms with E-state index in [0.717, 1.165) is 12.5 Å². The second-order valence-corrected chi connectivity index (χ2v) is 5.30. The SMILES string of the molecule is Cc1c(Br)cccc1NCC1CC=CCC1. The summed E-state index contributed by atoms with van der Waals surface area (Å²) in [5.74, 6) is 0.795. The fraction of sp³-hybridized carbons (Fsp3) is 0.429. The summed E-state index contributed by atoms with van der Waals surface area (Å²) >= 11 is 3.56. The van der Waals surface area contributed by atoms with Gasteiger partial charge in [-0.3, -0.25) is 0 Å². The predicted molar refractivity (Wildman–Crippen MR) is 73.8 cm³/mol. The topological polar surface area (TPSA) is 12.0 Å². The Hall–Kier alpha value is -0.760. The van der Waals surface area contributed by atoms with Crippen molar-refractivity contribution in [1.82, 2.24) is 0 Å². The van der Waals surface area contributed by atoms with Gasteiger partial charge in [0, 0.05) is 16.7 Å². The first kappa shape index (κ1) is 11.7. The number of hydrogen-bond donors (Lipinski definition) is 1. The molecular weight excluding hydrogens is 262 g/mol. The molecule has 1 atom stereocenters.